The van der Waals surface area contributed by atoms with Crippen LogP contribution in [0.25, 0.3) is 20.8 Å². The van der Waals surface area contributed by atoms with Gasteiger partial charge in [-0.05, 0) is 38.1 Å². The number of rotatable bonds is 3. The van der Waals surface area contributed by atoms with Crippen LogP contribution in [0.3, 0.4) is 0 Å². The number of aromatic nitrogens is 3. The summed E-state index contributed by atoms with van der Waals surface area (Å²) in [6.45, 7) is 4.65. The minimum absolute atomic E-state index is 0.0455. The molecule has 6 nitrogen and oxygen atoms in total. The normalized spacial score (nSPS) is 15.6. The number of benzene rings is 2. The van der Waals surface area contributed by atoms with E-state index >= 15 is 0 Å². The average molecular weight is 419 g/mol. The molecular formula is C23H22N4O2S. The van der Waals surface area contributed by atoms with E-state index in [4.69, 9.17) is 9.72 Å². The highest BCUT2D eigenvalue weighted by Gasteiger charge is 2.23. The lowest BCUT2D eigenvalue weighted by Crippen LogP contribution is -2.32. The van der Waals surface area contributed by atoms with Gasteiger partial charge in [0.05, 0.1) is 34.1 Å². The minimum atomic E-state index is -0.0812. The summed E-state index contributed by atoms with van der Waals surface area (Å²) in [5.74, 6) is 0.765. The van der Waals surface area contributed by atoms with Gasteiger partial charge in [0.15, 0.2) is 0 Å². The predicted octanol–water partition coefficient (Wildman–Crippen LogP) is 4.57. The number of fused-ring (bicyclic) bond motifs is 2. The molecule has 0 spiro atoms. The minimum Gasteiger partial charge on any atom is -0.493 e. The van der Waals surface area contributed by atoms with Crippen LogP contribution in [0.4, 0.5) is 0 Å². The average Bonchev–Trinajstić information content (AvgIpc) is 3.27. The van der Waals surface area contributed by atoms with Gasteiger partial charge >= 0.3 is 0 Å². The summed E-state index contributed by atoms with van der Waals surface area (Å²) >= 11 is 1.59. The fourth-order valence-electron chi connectivity index (χ4n) is 3.99. The fourth-order valence-corrected chi connectivity index (χ4v) is 5.14. The smallest absolute Gasteiger partial charge is 0.251 e. The van der Waals surface area contributed by atoms with Crippen molar-refractivity contribution in [3.8, 4) is 16.3 Å². The Morgan fingerprint density at radius 1 is 1.23 bits per heavy atom. The Hall–Kier alpha value is -3.19. The quantitative estimate of drug-likeness (QED) is 0.529. The van der Waals surface area contributed by atoms with Gasteiger partial charge in [-0.25, -0.2) is 4.98 Å². The van der Waals surface area contributed by atoms with E-state index in [1.807, 2.05) is 68.0 Å². The maximum Gasteiger partial charge on any atom is 0.251 e. The molecule has 1 amide bonds. The number of hydrogen-bond donors (Lipinski definition) is 1. The fraction of sp³-hybridized carbons (Fsp3) is 0.261. The first-order chi connectivity index (χ1) is 14.5. The molecule has 0 fully saturated rings. The summed E-state index contributed by atoms with van der Waals surface area (Å²) in [6.07, 6.45) is 0.759. The molecule has 0 aliphatic carbocycles. The molecular weight excluding hydrogens is 396 g/mol. The molecule has 0 unspecified atom stereocenters. The summed E-state index contributed by atoms with van der Waals surface area (Å²) in [7, 11) is 1.94. The molecule has 1 N–H and O–H groups in total. The summed E-state index contributed by atoms with van der Waals surface area (Å²) in [5, 5.41) is 8.60. The lowest BCUT2D eigenvalue weighted by Gasteiger charge is -2.26. The van der Waals surface area contributed by atoms with E-state index in [9.17, 15) is 4.79 Å². The van der Waals surface area contributed by atoms with Crippen molar-refractivity contribution >= 4 is 27.5 Å². The number of hydrogen-bond acceptors (Lipinski definition) is 5. The zero-order chi connectivity index (χ0) is 20.8. The van der Waals surface area contributed by atoms with Crippen molar-refractivity contribution in [2.45, 2.75) is 26.3 Å². The maximum atomic E-state index is 13.0. The predicted molar refractivity (Wildman–Crippen MR) is 118 cm³/mol. The van der Waals surface area contributed by atoms with Crippen LogP contribution in [-0.2, 0) is 7.05 Å². The van der Waals surface area contributed by atoms with E-state index < -0.39 is 0 Å². The lowest BCUT2D eigenvalue weighted by atomic mass is 10.00. The second kappa shape index (κ2) is 7.25. The number of carbonyl (C=O) groups excluding carboxylic acids is 1. The molecule has 1 aliphatic rings. The third kappa shape index (κ3) is 3.15. The molecule has 0 radical (unpaired) electrons. The monoisotopic (exact) mass is 418 g/mol. The van der Waals surface area contributed by atoms with E-state index in [1.165, 1.54) is 0 Å². The molecule has 0 saturated carbocycles. The van der Waals surface area contributed by atoms with E-state index in [0.29, 0.717) is 12.2 Å². The van der Waals surface area contributed by atoms with Crippen molar-refractivity contribution in [3.05, 3.63) is 65.0 Å². The number of carbonyl (C=O) groups is 1. The molecule has 4 aromatic rings. The highest BCUT2D eigenvalue weighted by atomic mass is 32.1. The van der Waals surface area contributed by atoms with Crippen molar-refractivity contribution in [2.24, 2.45) is 7.05 Å². The van der Waals surface area contributed by atoms with Crippen molar-refractivity contribution in [2.75, 3.05) is 6.61 Å². The van der Waals surface area contributed by atoms with Crippen molar-refractivity contribution < 1.29 is 9.53 Å². The van der Waals surface area contributed by atoms with E-state index in [-0.39, 0.29) is 11.9 Å². The molecule has 1 aliphatic heterocycles. The van der Waals surface area contributed by atoms with Gasteiger partial charge in [0, 0.05) is 30.3 Å². The Morgan fingerprint density at radius 3 is 2.87 bits per heavy atom. The summed E-state index contributed by atoms with van der Waals surface area (Å²) < 4.78 is 8.57. The molecule has 2 aromatic heterocycles. The molecule has 2 aromatic carbocycles. The molecule has 3 heterocycles. The van der Waals surface area contributed by atoms with Gasteiger partial charge in [-0.15, -0.1) is 11.3 Å². The SMILES string of the molecule is Cc1nn(C)c(C)c1-c1nc2ccc(C(=O)N[C@H]3CCOc4ccccc43)cc2s1. The highest BCUT2D eigenvalue weighted by molar-refractivity contribution is 7.21. The van der Waals surface area contributed by atoms with Gasteiger partial charge in [0.1, 0.15) is 10.8 Å². The van der Waals surface area contributed by atoms with Crippen LogP contribution in [0.15, 0.2) is 42.5 Å². The maximum absolute atomic E-state index is 13.0. The highest BCUT2D eigenvalue weighted by Crippen LogP contribution is 2.35. The van der Waals surface area contributed by atoms with Crippen molar-refractivity contribution in [3.63, 3.8) is 0 Å². The Bertz CT molecular complexity index is 1270. The van der Waals surface area contributed by atoms with Crippen molar-refractivity contribution in [1.29, 1.82) is 0 Å². The summed E-state index contributed by atoms with van der Waals surface area (Å²) in [6, 6.07) is 13.5. The van der Waals surface area contributed by atoms with E-state index in [0.717, 1.165) is 49.9 Å². The number of thiazole rings is 1. The molecule has 1 atom stereocenters. The third-order valence-electron chi connectivity index (χ3n) is 5.64. The van der Waals surface area contributed by atoms with Gasteiger partial charge in [0.25, 0.3) is 5.91 Å². The van der Waals surface area contributed by atoms with Crippen LogP contribution in [0.1, 0.15) is 39.8 Å². The van der Waals surface area contributed by atoms with Crippen LogP contribution >= 0.6 is 11.3 Å². The first kappa shape index (κ1) is 18.8. The molecule has 30 heavy (non-hydrogen) atoms. The Balaban J connectivity index is 1.44. The lowest BCUT2D eigenvalue weighted by molar-refractivity contribution is 0.0925. The summed E-state index contributed by atoms with van der Waals surface area (Å²) in [4.78, 5) is 17.8. The first-order valence-corrected chi connectivity index (χ1v) is 10.8. The number of para-hydroxylation sites is 1. The third-order valence-corrected chi connectivity index (χ3v) is 6.67. The molecule has 0 bridgehead atoms. The van der Waals surface area contributed by atoms with E-state index in [1.54, 1.807) is 11.3 Å². The zero-order valence-electron chi connectivity index (χ0n) is 17.1. The second-order valence-electron chi connectivity index (χ2n) is 7.57. The van der Waals surface area contributed by atoms with E-state index in [2.05, 4.69) is 10.4 Å². The van der Waals surface area contributed by atoms with Gasteiger partial charge in [-0.2, -0.15) is 5.10 Å². The van der Waals surface area contributed by atoms with Gasteiger partial charge < -0.3 is 10.1 Å². The van der Waals surface area contributed by atoms with Gasteiger partial charge in [-0.3, -0.25) is 9.48 Å². The Morgan fingerprint density at radius 2 is 2.07 bits per heavy atom. The van der Waals surface area contributed by atoms with Gasteiger partial charge in [-0.1, -0.05) is 18.2 Å². The zero-order valence-corrected chi connectivity index (χ0v) is 17.9. The largest absolute Gasteiger partial charge is 0.493 e. The first-order valence-electron chi connectivity index (χ1n) is 9.95. The van der Waals surface area contributed by atoms with Crippen LogP contribution in [0.5, 0.6) is 5.75 Å². The Kier molecular flexibility index (Phi) is 4.55. The molecule has 0 saturated heterocycles. The Labute approximate surface area is 178 Å². The molecule has 7 heteroatoms. The molecule has 152 valence electrons. The van der Waals surface area contributed by atoms with Crippen LogP contribution in [0, 0.1) is 13.8 Å². The number of ether oxygens (including phenoxy) is 1. The van der Waals surface area contributed by atoms with Gasteiger partial charge in [0.2, 0.25) is 0 Å². The number of amides is 1. The van der Waals surface area contributed by atoms with Crippen molar-refractivity contribution in [1.82, 2.24) is 20.1 Å². The second-order valence-corrected chi connectivity index (χ2v) is 8.60. The topological polar surface area (TPSA) is 69.0 Å². The summed E-state index contributed by atoms with van der Waals surface area (Å²) in [5.41, 5.74) is 5.68. The number of nitrogens with one attached hydrogen (secondary N) is 1. The van der Waals surface area contributed by atoms with Crippen LogP contribution < -0.4 is 10.1 Å². The van der Waals surface area contributed by atoms with Crippen LogP contribution in [-0.4, -0.2) is 27.3 Å². The number of nitrogens with zero attached hydrogens (tertiary/aromatic N) is 3. The standard InChI is InChI=1S/C23H22N4O2S/c1-13-21(14(2)27(3)26-13)23-25-18-9-8-15(12-20(18)30-23)22(28)24-17-10-11-29-19-7-5-4-6-16(17)19/h4-9,12,17H,10-11H2,1-3H3,(H,24,28)/t17-/m0/s1. The van der Waals surface area contributed by atoms with Crippen LogP contribution in [0.2, 0.25) is 0 Å². The number of aryl methyl sites for hydroxylation is 2. The molecule has 5 rings (SSSR count).